The molecule has 0 unspecified atom stereocenters. The van der Waals surface area contributed by atoms with Crippen LogP contribution >= 0.6 is 23.1 Å². The molecule has 0 aliphatic carbocycles. The molecule has 2 rings (SSSR count). The van der Waals surface area contributed by atoms with E-state index in [1.165, 1.54) is 18.7 Å². The van der Waals surface area contributed by atoms with E-state index in [0.29, 0.717) is 29.4 Å². The van der Waals surface area contributed by atoms with Crippen molar-refractivity contribution in [1.82, 2.24) is 5.32 Å². The molecular weight excluding hydrogens is 438 g/mol. The minimum Gasteiger partial charge on any atom is -0.495 e. The van der Waals surface area contributed by atoms with E-state index in [1.54, 1.807) is 56.0 Å². The highest BCUT2D eigenvalue weighted by Crippen LogP contribution is 2.28. The summed E-state index contributed by atoms with van der Waals surface area (Å²) < 4.78 is 10.5. The van der Waals surface area contributed by atoms with Gasteiger partial charge in [-0.1, -0.05) is 0 Å². The van der Waals surface area contributed by atoms with Gasteiger partial charge in [0.2, 0.25) is 0 Å². The van der Waals surface area contributed by atoms with Crippen molar-refractivity contribution in [2.45, 2.75) is 32.1 Å². The lowest BCUT2D eigenvalue weighted by atomic mass is 10.2. The first-order valence-electron chi connectivity index (χ1n) is 9.54. The summed E-state index contributed by atoms with van der Waals surface area (Å²) in [7, 11) is 1.46. The fourth-order valence-corrected chi connectivity index (χ4v) is 3.95. The molecule has 0 aliphatic rings. The lowest BCUT2D eigenvalue weighted by Crippen LogP contribution is -2.36. The van der Waals surface area contributed by atoms with Crippen LogP contribution in [0.3, 0.4) is 0 Å². The first-order valence-corrected chi connectivity index (χ1v) is 11.6. The summed E-state index contributed by atoms with van der Waals surface area (Å²) in [6, 6.07) is 6.69. The minimum atomic E-state index is -0.795. The Kier molecular flexibility index (Phi) is 9.20. The third-order valence-electron chi connectivity index (χ3n) is 3.68. The van der Waals surface area contributed by atoms with Crippen LogP contribution < -0.4 is 20.7 Å². The first-order chi connectivity index (χ1) is 14.7. The predicted molar refractivity (Wildman–Crippen MR) is 125 cm³/mol. The Hall–Kier alpha value is -2.72. The largest absolute Gasteiger partial charge is 0.495 e. The quantitative estimate of drug-likeness (QED) is 0.401. The molecule has 2 aromatic rings. The Balaban J connectivity index is 1.85. The summed E-state index contributed by atoms with van der Waals surface area (Å²) in [5.41, 5.74) is 1.22. The first kappa shape index (κ1) is 24.5. The van der Waals surface area contributed by atoms with Gasteiger partial charge in [-0.3, -0.25) is 14.9 Å². The third-order valence-corrected chi connectivity index (χ3v) is 5.44. The monoisotopic (exact) mass is 465 g/mol. The number of thioether (sulfide) groups is 1. The molecule has 0 radical (unpaired) electrons. The number of ether oxygens (including phenoxy) is 2. The van der Waals surface area contributed by atoms with Gasteiger partial charge in [0, 0.05) is 23.7 Å². The van der Waals surface area contributed by atoms with Gasteiger partial charge in [-0.25, -0.2) is 4.79 Å². The number of nitrogens with one attached hydrogen (secondary N) is 3. The van der Waals surface area contributed by atoms with Gasteiger partial charge in [0.25, 0.3) is 0 Å². The van der Waals surface area contributed by atoms with Crippen molar-refractivity contribution < 1.29 is 23.9 Å². The molecule has 31 heavy (non-hydrogen) atoms. The molecule has 0 saturated carbocycles. The zero-order chi connectivity index (χ0) is 22.9. The topological polar surface area (TPSA) is 106 Å². The van der Waals surface area contributed by atoms with Gasteiger partial charge in [0.05, 0.1) is 12.8 Å². The molecule has 0 atom stereocenters. The number of carbonyl (C=O) groups excluding carboxylic acids is 3. The zero-order valence-corrected chi connectivity index (χ0v) is 19.6. The van der Waals surface area contributed by atoms with E-state index in [9.17, 15) is 14.4 Å². The maximum atomic E-state index is 12.2. The number of methoxy groups -OCH3 is 1. The molecule has 0 aliphatic heterocycles. The minimum absolute atomic E-state index is 0.305. The molecule has 3 N–H and O–H groups in total. The number of anilines is 2. The summed E-state index contributed by atoms with van der Waals surface area (Å²) in [6.07, 6.45) is -0.660. The van der Waals surface area contributed by atoms with Crippen molar-refractivity contribution in [3.63, 3.8) is 0 Å². The maximum absolute atomic E-state index is 12.2. The molecule has 3 amide bonds. The number of carbonyl (C=O) groups is 3. The average molecular weight is 466 g/mol. The van der Waals surface area contributed by atoms with E-state index in [0.717, 1.165) is 5.75 Å². The lowest BCUT2D eigenvalue weighted by Gasteiger charge is -2.20. The fourth-order valence-electron chi connectivity index (χ4n) is 2.37. The van der Waals surface area contributed by atoms with E-state index in [1.807, 2.05) is 5.38 Å². The van der Waals surface area contributed by atoms with Crippen molar-refractivity contribution in [2.24, 2.45) is 0 Å². The number of amides is 3. The van der Waals surface area contributed by atoms with Crippen LogP contribution in [0.25, 0.3) is 0 Å². The van der Waals surface area contributed by atoms with Gasteiger partial charge in [0.15, 0.2) is 0 Å². The van der Waals surface area contributed by atoms with Gasteiger partial charge >= 0.3 is 17.9 Å². The lowest BCUT2D eigenvalue weighted by molar-refractivity contribution is -0.136. The maximum Gasteiger partial charge on any atom is 0.412 e. The second kappa shape index (κ2) is 11.6. The van der Waals surface area contributed by atoms with Gasteiger partial charge in [-0.15, -0.1) is 0 Å². The van der Waals surface area contributed by atoms with Crippen molar-refractivity contribution in [2.75, 3.05) is 30.0 Å². The molecule has 1 heterocycles. The van der Waals surface area contributed by atoms with E-state index in [-0.39, 0.29) is 0 Å². The van der Waals surface area contributed by atoms with Crippen molar-refractivity contribution in [3.8, 4) is 5.75 Å². The Labute approximate surface area is 190 Å². The van der Waals surface area contributed by atoms with Crippen molar-refractivity contribution in [3.05, 3.63) is 40.6 Å². The number of thiophene rings is 1. The van der Waals surface area contributed by atoms with Crippen LogP contribution in [-0.2, 0) is 20.1 Å². The van der Waals surface area contributed by atoms with Crippen LogP contribution in [0, 0.1) is 0 Å². The molecule has 0 saturated heterocycles. The van der Waals surface area contributed by atoms with Crippen LogP contribution in [0.1, 0.15) is 26.3 Å². The van der Waals surface area contributed by atoms with E-state index in [4.69, 9.17) is 9.47 Å². The summed E-state index contributed by atoms with van der Waals surface area (Å²) in [4.78, 5) is 36.2. The molecule has 0 spiro atoms. The van der Waals surface area contributed by atoms with E-state index < -0.39 is 23.5 Å². The summed E-state index contributed by atoms with van der Waals surface area (Å²) >= 11 is 3.33. The van der Waals surface area contributed by atoms with Crippen LogP contribution in [0.2, 0.25) is 0 Å². The highest BCUT2D eigenvalue weighted by Gasteiger charge is 2.19. The Bertz CT molecular complexity index is 895. The van der Waals surface area contributed by atoms with E-state index in [2.05, 4.69) is 27.4 Å². The summed E-state index contributed by atoms with van der Waals surface area (Å²) in [6.45, 7) is 5.63. The van der Waals surface area contributed by atoms with Gasteiger partial charge < -0.3 is 20.1 Å². The van der Waals surface area contributed by atoms with E-state index >= 15 is 0 Å². The predicted octanol–water partition coefficient (Wildman–Crippen LogP) is 4.09. The molecule has 1 aromatic heterocycles. The van der Waals surface area contributed by atoms with Crippen molar-refractivity contribution >= 4 is 52.4 Å². The number of rotatable bonds is 8. The summed E-state index contributed by atoms with van der Waals surface area (Å²) in [5, 5.41) is 11.8. The SMILES string of the molecule is COc1ccc(NC(=O)C(=O)NCCSCc2ccsc2)cc1NC(=O)OC(C)(C)C. The molecule has 0 fully saturated rings. The van der Waals surface area contributed by atoms with Gasteiger partial charge in [-0.05, 0) is 61.4 Å². The average Bonchev–Trinajstić information content (AvgIpc) is 3.19. The molecule has 1 aromatic carbocycles. The Morgan fingerprint density at radius 1 is 1.10 bits per heavy atom. The molecule has 10 heteroatoms. The van der Waals surface area contributed by atoms with Gasteiger partial charge in [-0.2, -0.15) is 23.1 Å². The molecular formula is C21H27N3O5S2. The Morgan fingerprint density at radius 3 is 2.52 bits per heavy atom. The van der Waals surface area contributed by atoms with Crippen LogP contribution in [0.5, 0.6) is 5.75 Å². The van der Waals surface area contributed by atoms with Crippen molar-refractivity contribution in [1.29, 1.82) is 0 Å². The summed E-state index contributed by atoms with van der Waals surface area (Å²) in [5.74, 6) is 0.424. The fraction of sp³-hybridized carbons (Fsp3) is 0.381. The number of hydrogen-bond acceptors (Lipinski definition) is 7. The second-order valence-electron chi connectivity index (χ2n) is 7.44. The molecule has 8 nitrogen and oxygen atoms in total. The smallest absolute Gasteiger partial charge is 0.412 e. The van der Waals surface area contributed by atoms with Gasteiger partial charge in [0.1, 0.15) is 11.4 Å². The normalized spacial score (nSPS) is 10.8. The number of hydrogen-bond donors (Lipinski definition) is 3. The second-order valence-corrected chi connectivity index (χ2v) is 9.32. The highest BCUT2D eigenvalue weighted by atomic mass is 32.2. The zero-order valence-electron chi connectivity index (χ0n) is 17.9. The van der Waals surface area contributed by atoms with Crippen LogP contribution in [0.4, 0.5) is 16.2 Å². The van der Waals surface area contributed by atoms with Crippen LogP contribution in [0.15, 0.2) is 35.0 Å². The highest BCUT2D eigenvalue weighted by molar-refractivity contribution is 7.98. The van der Waals surface area contributed by atoms with Crippen LogP contribution in [-0.4, -0.2) is 42.9 Å². The molecule has 0 bridgehead atoms. The Morgan fingerprint density at radius 2 is 1.87 bits per heavy atom. The number of benzene rings is 1. The standard InChI is InChI=1S/C21H27N3O5S2/c1-21(2,3)29-20(27)24-16-11-15(5-6-17(16)28-4)23-19(26)18(25)22-8-10-31-13-14-7-9-30-12-14/h5-7,9,11-12H,8,10,13H2,1-4H3,(H,22,25)(H,23,26)(H,24,27). The third kappa shape index (κ3) is 8.89. The molecule has 168 valence electrons.